The van der Waals surface area contributed by atoms with Crippen LogP contribution < -0.4 is 25.6 Å². The highest BCUT2D eigenvalue weighted by Crippen LogP contribution is 2.50. The SMILES string of the molecule is CCC[C@H](NC[C@H](C)NC(=O)c1cc(C(=O)N[C@H](C)c2ccccc2)cc(N(C)S(C)(=O)=O)c1)C(=O)NCC1CC1(C)C. The standard InChI is InChI=1S/C32H47N5O5S/c1-8-12-28(31(40)34-20-26-18-32(26,4)5)33-19-21(2)35-29(38)24-15-25(17-27(16-24)37(6)43(7,41)42)30(39)36-22(3)23-13-10-9-11-14-23/h9-11,13-17,21-22,26,28,33H,8,12,18-20H2,1-7H3,(H,34,40)(H,35,38)(H,36,39)/t21-,22+,26?,28-/m0/s1. The van der Waals surface area contributed by atoms with Gasteiger partial charge in [0.25, 0.3) is 11.8 Å². The number of sulfonamides is 1. The Bertz CT molecular complexity index is 1400. The molecule has 3 rings (SSSR count). The van der Waals surface area contributed by atoms with E-state index < -0.39 is 21.8 Å². The van der Waals surface area contributed by atoms with E-state index in [0.29, 0.717) is 25.4 Å². The van der Waals surface area contributed by atoms with Crippen molar-refractivity contribution in [2.24, 2.45) is 11.3 Å². The summed E-state index contributed by atoms with van der Waals surface area (Å²) in [6.07, 6.45) is 3.66. The molecule has 0 aliphatic heterocycles. The zero-order valence-corrected chi connectivity index (χ0v) is 27.2. The smallest absolute Gasteiger partial charge is 0.251 e. The molecule has 43 heavy (non-hydrogen) atoms. The molecule has 2 aromatic rings. The van der Waals surface area contributed by atoms with E-state index in [0.717, 1.165) is 29.0 Å². The number of hydrogen-bond donors (Lipinski definition) is 4. The van der Waals surface area contributed by atoms with Crippen LogP contribution in [0.5, 0.6) is 0 Å². The second kappa shape index (κ2) is 14.4. The first-order chi connectivity index (χ1) is 20.1. The molecule has 1 aliphatic carbocycles. The van der Waals surface area contributed by atoms with E-state index in [1.54, 1.807) is 0 Å². The van der Waals surface area contributed by atoms with E-state index in [1.807, 2.05) is 51.1 Å². The molecular formula is C32H47N5O5S. The third kappa shape index (κ3) is 9.79. The second-order valence-corrected chi connectivity index (χ2v) is 14.4. The second-order valence-electron chi connectivity index (χ2n) is 12.4. The molecule has 1 aliphatic rings. The molecule has 1 fully saturated rings. The maximum atomic E-state index is 13.3. The summed E-state index contributed by atoms with van der Waals surface area (Å²) in [4.78, 5) is 39.4. The summed E-state index contributed by atoms with van der Waals surface area (Å²) in [7, 11) is -2.28. The van der Waals surface area contributed by atoms with Gasteiger partial charge in [0.15, 0.2) is 0 Å². The topological polar surface area (TPSA) is 137 Å². The first kappa shape index (κ1) is 34.1. The van der Waals surface area contributed by atoms with Gasteiger partial charge in [-0.3, -0.25) is 18.7 Å². The number of nitrogens with zero attached hydrogens (tertiary/aromatic N) is 1. The van der Waals surface area contributed by atoms with Crippen LogP contribution in [0.2, 0.25) is 0 Å². The number of rotatable bonds is 15. The zero-order chi connectivity index (χ0) is 31.9. The molecule has 236 valence electrons. The molecule has 10 nitrogen and oxygen atoms in total. The summed E-state index contributed by atoms with van der Waals surface area (Å²) in [6.45, 7) is 11.1. The third-order valence-electron chi connectivity index (χ3n) is 8.13. The number of nitrogens with one attached hydrogen (secondary N) is 4. The fraction of sp³-hybridized carbons (Fsp3) is 0.531. The number of amides is 3. The first-order valence-electron chi connectivity index (χ1n) is 14.9. The minimum Gasteiger partial charge on any atom is -0.354 e. The monoisotopic (exact) mass is 613 g/mol. The maximum absolute atomic E-state index is 13.3. The minimum absolute atomic E-state index is 0.0417. The van der Waals surface area contributed by atoms with Gasteiger partial charge in [0, 0.05) is 37.3 Å². The number of anilines is 1. The van der Waals surface area contributed by atoms with Gasteiger partial charge in [-0.2, -0.15) is 0 Å². The quantitative estimate of drug-likeness (QED) is 0.242. The molecule has 1 saturated carbocycles. The van der Waals surface area contributed by atoms with Crippen molar-refractivity contribution in [2.75, 3.05) is 30.7 Å². The maximum Gasteiger partial charge on any atom is 0.251 e. The molecule has 3 amide bonds. The summed E-state index contributed by atoms with van der Waals surface area (Å²) < 4.78 is 25.6. The van der Waals surface area contributed by atoms with Crippen LogP contribution >= 0.6 is 0 Å². The van der Waals surface area contributed by atoms with Crippen molar-refractivity contribution in [1.29, 1.82) is 0 Å². The molecule has 0 bridgehead atoms. The largest absolute Gasteiger partial charge is 0.354 e. The molecule has 0 radical (unpaired) electrons. The van der Waals surface area contributed by atoms with Crippen LogP contribution in [0.15, 0.2) is 48.5 Å². The van der Waals surface area contributed by atoms with Gasteiger partial charge in [0.05, 0.1) is 24.0 Å². The number of hydrogen-bond acceptors (Lipinski definition) is 6. The van der Waals surface area contributed by atoms with E-state index in [1.165, 1.54) is 25.2 Å². The normalized spacial score (nSPS) is 17.7. The fourth-order valence-corrected chi connectivity index (χ4v) is 5.40. The summed E-state index contributed by atoms with van der Waals surface area (Å²) in [5.74, 6) is -0.439. The van der Waals surface area contributed by atoms with Gasteiger partial charge in [-0.15, -0.1) is 0 Å². The van der Waals surface area contributed by atoms with E-state index in [2.05, 4.69) is 35.1 Å². The average Bonchev–Trinajstić information content (AvgIpc) is 3.58. The summed E-state index contributed by atoms with van der Waals surface area (Å²) in [5.41, 5.74) is 1.69. The highest BCUT2D eigenvalue weighted by molar-refractivity contribution is 7.92. The van der Waals surface area contributed by atoms with E-state index in [-0.39, 0.29) is 46.3 Å². The molecule has 0 heterocycles. The van der Waals surface area contributed by atoms with Gasteiger partial charge >= 0.3 is 0 Å². The van der Waals surface area contributed by atoms with Crippen LogP contribution in [0.3, 0.4) is 0 Å². The van der Waals surface area contributed by atoms with Crippen molar-refractivity contribution in [2.45, 2.75) is 72.0 Å². The van der Waals surface area contributed by atoms with Crippen LogP contribution in [-0.4, -0.2) is 64.6 Å². The lowest BCUT2D eigenvalue weighted by atomic mass is 10.1. The van der Waals surface area contributed by atoms with Gasteiger partial charge in [-0.05, 0) is 61.8 Å². The fourth-order valence-electron chi connectivity index (χ4n) is 4.91. The minimum atomic E-state index is -3.65. The average molecular weight is 614 g/mol. The van der Waals surface area contributed by atoms with Gasteiger partial charge in [0.1, 0.15) is 0 Å². The Hall–Kier alpha value is -3.44. The zero-order valence-electron chi connectivity index (χ0n) is 26.4. The van der Waals surface area contributed by atoms with Crippen molar-refractivity contribution >= 4 is 33.4 Å². The van der Waals surface area contributed by atoms with Crippen LogP contribution in [0.1, 0.15) is 86.2 Å². The number of benzene rings is 2. The lowest BCUT2D eigenvalue weighted by Crippen LogP contribution is -2.49. The predicted octanol–water partition coefficient (Wildman–Crippen LogP) is 3.61. The predicted molar refractivity (Wildman–Crippen MR) is 171 cm³/mol. The lowest BCUT2D eigenvalue weighted by Gasteiger charge is -2.22. The molecule has 2 aromatic carbocycles. The first-order valence-corrected chi connectivity index (χ1v) is 16.7. The van der Waals surface area contributed by atoms with E-state index in [9.17, 15) is 22.8 Å². The van der Waals surface area contributed by atoms with E-state index in [4.69, 9.17) is 0 Å². The van der Waals surface area contributed by atoms with Gasteiger partial charge < -0.3 is 21.3 Å². The van der Waals surface area contributed by atoms with Crippen LogP contribution in [0.25, 0.3) is 0 Å². The molecule has 1 unspecified atom stereocenters. The van der Waals surface area contributed by atoms with Gasteiger partial charge in [0.2, 0.25) is 15.9 Å². The Morgan fingerprint density at radius 2 is 1.58 bits per heavy atom. The number of carbonyl (C=O) groups is 3. The highest BCUT2D eigenvalue weighted by Gasteiger charge is 2.45. The number of carbonyl (C=O) groups excluding carboxylic acids is 3. The van der Waals surface area contributed by atoms with Crippen LogP contribution in [0.4, 0.5) is 5.69 Å². The van der Waals surface area contributed by atoms with E-state index >= 15 is 0 Å². The lowest BCUT2D eigenvalue weighted by molar-refractivity contribution is -0.123. The molecule has 0 saturated heterocycles. The molecule has 0 aromatic heterocycles. The molecule has 0 spiro atoms. The Labute approximate surface area is 256 Å². The third-order valence-corrected chi connectivity index (χ3v) is 9.34. The van der Waals surface area contributed by atoms with Crippen molar-refractivity contribution < 1.29 is 22.8 Å². The van der Waals surface area contributed by atoms with Gasteiger partial charge in [-0.1, -0.05) is 57.5 Å². The molecule has 4 N–H and O–H groups in total. The molecule has 11 heteroatoms. The van der Waals surface area contributed by atoms with Crippen molar-refractivity contribution in [3.63, 3.8) is 0 Å². The van der Waals surface area contributed by atoms with Crippen LogP contribution in [0, 0.1) is 11.3 Å². The Morgan fingerprint density at radius 1 is 1.00 bits per heavy atom. The summed E-state index contributed by atoms with van der Waals surface area (Å²) in [6, 6.07) is 12.8. The highest BCUT2D eigenvalue weighted by atomic mass is 32.2. The Balaban J connectivity index is 1.70. The summed E-state index contributed by atoms with van der Waals surface area (Å²) >= 11 is 0. The molecular weight excluding hydrogens is 566 g/mol. The molecule has 4 atom stereocenters. The van der Waals surface area contributed by atoms with Gasteiger partial charge in [-0.25, -0.2) is 8.42 Å². The Kier molecular flexibility index (Phi) is 11.4. The van der Waals surface area contributed by atoms with Crippen molar-refractivity contribution in [3.8, 4) is 0 Å². The van der Waals surface area contributed by atoms with Crippen LogP contribution in [-0.2, 0) is 14.8 Å². The summed E-state index contributed by atoms with van der Waals surface area (Å²) in [5, 5.41) is 12.2. The van der Waals surface area contributed by atoms with Crippen molar-refractivity contribution in [3.05, 3.63) is 65.2 Å². The Morgan fingerprint density at radius 3 is 2.12 bits per heavy atom. The van der Waals surface area contributed by atoms with Crippen molar-refractivity contribution in [1.82, 2.24) is 21.3 Å².